The summed E-state index contributed by atoms with van der Waals surface area (Å²) in [5, 5.41) is 29.9. The van der Waals surface area contributed by atoms with E-state index >= 15 is 0 Å². The number of halogens is 1. The van der Waals surface area contributed by atoms with Crippen molar-refractivity contribution in [2.45, 2.75) is 37.4 Å². The third-order valence-electron chi connectivity index (χ3n) is 4.07. The smallest absolute Gasteiger partial charge is 0.312 e. The van der Waals surface area contributed by atoms with Crippen LogP contribution in [0.1, 0.15) is 19.6 Å². The van der Waals surface area contributed by atoms with Gasteiger partial charge in [-0.25, -0.2) is 4.98 Å². The summed E-state index contributed by atoms with van der Waals surface area (Å²) in [6.07, 6.45) is -3.24. The average molecular weight is 313 g/mol. The summed E-state index contributed by atoms with van der Waals surface area (Å²) in [5.74, 6) is -0.141. The van der Waals surface area contributed by atoms with Crippen LogP contribution in [0, 0.1) is 6.08 Å². The number of hydrogen-bond donors (Lipinski definition) is 4. The first-order valence-corrected chi connectivity index (χ1v) is 6.74. The summed E-state index contributed by atoms with van der Waals surface area (Å²) in [7, 11) is 0. The third kappa shape index (κ3) is 1.96. The van der Waals surface area contributed by atoms with Crippen LogP contribution in [0.3, 0.4) is 0 Å². The van der Waals surface area contributed by atoms with E-state index in [1.54, 1.807) is 6.92 Å². The summed E-state index contributed by atoms with van der Waals surface area (Å²) in [4.78, 5) is 10.9. The Bertz CT molecular complexity index is 704. The van der Waals surface area contributed by atoms with Crippen molar-refractivity contribution in [2.75, 3.05) is 12.3 Å². The zero-order valence-corrected chi connectivity index (χ0v) is 11.7. The fraction of sp³-hybridized carbons (Fsp3) is 0.583. The number of aromatic nitrogens is 4. The van der Waals surface area contributed by atoms with Crippen LogP contribution in [-0.2, 0) is 4.74 Å². The summed E-state index contributed by atoms with van der Waals surface area (Å²) in [5.41, 5.74) is 4.46. The second-order valence-electron chi connectivity index (χ2n) is 5.22. The van der Waals surface area contributed by atoms with Crippen molar-refractivity contribution in [1.29, 1.82) is 0 Å². The maximum atomic E-state index is 13.4. The van der Waals surface area contributed by atoms with Crippen molar-refractivity contribution in [3.8, 4) is 0 Å². The number of aliphatic hydroxyl groups excluding tert-OH is 3. The summed E-state index contributed by atoms with van der Waals surface area (Å²) in [6, 6.07) is 0. The Balaban J connectivity index is 2.09. The second kappa shape index (κ2) is 5.09. The van der Waals surface area contributed by atoms with E-state index in [1.165, 1.54) is 10.9 Å². The van der Waals surface area contributed by atoms with E-state index in [0.29, 0.717) is 0 Å². The van der Waals surface area contributed by atoms with Crippen molar-refractivity contribution in [1.82, 2.24) is 19.5 Å². The van der Waals surface area contributed by atoms with E-state index in [-0.39, 0.29) is 23.4 Å². The Labute approximate surface area is 124 Å². The molecule has 0 aromatic carbocycles. The Morgan fingerprint density at radius 2 is 2.18 bits per heavy atom. The molecule has 10 heteroatoms. The minimum atomic E-state index is -1.34. The fourth-order valence-corrected chi connectivity index (χ4v) is 2.70. The topological polar surface area (TPSA) is 140 Å². The van der Waals surface area contributed by atoms with Crippen molar-refractivity contribution >= 4 is 17.0 Å². The highest BCUT2D eigenvalue weighted by Gasteiger charge is 2.53. The van der Waals surface area contributed by atoms with Gasteiger partial charge in [0.2, 0.25) is 0 Å². The number of imidazole rings is 1. The van der Waals surface area contributed by atoms with E-state index in [0.717, 1.165) is 0 Å². The lowest BCUT2D eigenvalue weighted by molar-refractivity contribution is -0.129. The second-order valence-corrected chi connectivity index (χ2v) is 5.22. The Morgan fingerprint density at radius 1 is 1.45 bits per heavy atom. The summed E-state index contributed by atoms with van der Waals surface area (Å²) < 4.78 is 20.3. The molecule has 22 heavy (non-hydrogen) atoms. The van der Waals surface area contributed by atoms with Gasteiger partial charge in [-0.15, -0.1) is 0 Å². The molecule has 1 fully saturated rings. The van der Waals surface area contributed by atoms with Gasteiger partial charge in [0, 0.05) is 0 Å². The molecule has 5 N–H and O–H groups in total. The molecule has 3 rings (SSSR count). The molecule has 0 saturated carbocycles. The van der Waals surface area contributed by atoms with Crippen LogP contribution in [0.25, 0.3) is 11.2 Å². The SMILES string of the molecule is CC[C@]1(CO)O[C@@H](n2cnc3c(N)nc(F)nc32)[C@@H](O)[C@@H]1O. The van der Waals surface area contributed by atoms with Crippen LogP contribution in [0.2, 0.25) is 0 Å². The van der Waals surface area contributed by atoms with Crippen LogP contribution < -0.4 is 5.73 Å². The quantitative estimate of drug-likeness (QED) is 0.526. The summed E-state index contributed by atoms with van der Waals surface area (Å²) >= 11 is 0. The number of nitrogens with zero attached hydrogens (tertiary/aromatic N) is 4. The molecule has 9 nitrogen and oxygen atoms in total. The van der Waals surface area contributed by atoms with Gasteiger partial charge >= 0.3 is 6.08 Å². The van der Waals surface area contributed by atoms with Crippen LogP contribution >= 0.6 is 0 Å². The normalized spacial score (nSPS) is 32.0. The molecule has 4 atom stereocenters. The molecule has 1 saturated heterocycles. The molecule has 0 amide bonds. The first-order chi connectivity index (χ1) is 10.4. The number of anilines is 1. The largest absolute Gasteiger partial charge is 0.393 e. The molecular weight excluding hydrogens is 297 g/mol. The van der Waals surface area contributed by atoms with Crippen LogP contribution in [0.5, 0.6) is 0 Å². The molecule has 3 heterocycles. The third-order valence-corrected chi connectivity index (χ3v) is 4.07. The van der Waals surface area contributed by atoms with Gasteiger partial charge in [-0.3, -0.25) is 4.57 Å². The van der Waals surface area contributed by atoms with Gasteiger partial charge in [0.05, 0.1) is 12.9 Å². The number of nitrogens with two attached hydrogens (primary N) is 1. The molecular formula is C12H16FN5O4. The minimum Gasteiger partial charge on any atom is -0.393 e. The molecule has 0 bridgehead atoms. The Hall–Kier alpha value is -1.88. The predicted molar refractivity (Wildman–Crippen MR) is 71.9 cm³/mol. The molecule has 0 spiro atoms. The van der Waals surface area contributed by atoms with E-state index in [4.69, 9.17) is 10.5 Å². The first kappa shape index (κ1) is 15.0. The van der Waals surface area contributed by atoms with E-state index in [1.807, 2.05) is 0 Å². The predicted octanol–water partition coefficient (Wildman–Crippen LogP) is -1.06. The van der Waals surface area contributed by atoms with Gasteiger partial charge in [0.1, 0.15) is 17.8 Å². The van der Waals surface area contributed by atoms with Crippen molar-refractivity contribution in [2.24, 2.45) is 0 Å². The average Bonchev–Trinajstić information content (AvgIpc) is 3.01. The molecule has 2 aromatic rings. The molecule has 120 valence electrons. The van der Waals surface area contributed by atoms with Crippen molar-refractivity contribution in [3.05, 3.63) is 12.4 Å². The monoisotopic (exact) mass is 313 g/mol. The number of nitrogen functional groups attached to an aromatic ring is 1. The highest BCUT2D eigenvalue weighted by Crippen LogP contribution is 2.40. The van der Waals surface area contributed by atoms with Crippen molar-refractivity contribution < 1.29 is 24.4 Å². The molecule has 0 aliphatic carbocycles. The van der Waals surface area contributed by atoms with Crippen LogP contribution in [-0.4, -0.2) is 59.3 Å². The molecule has 1 aliphatic rings. The molecule has 0 unspecified atom stereocenters. The summed E-state index contributed by atoms with van der Waals surface area (Å²) in [6.45, 7) is 1.23. The van der Waals surface area contributed by atoms with Gasteiger partial charge < -0.3 is 25.8 Å². The number of ether oxygens (including phenoxy) is 1. The maximum absolute atomic E-state index is 13.4. The van der Waals surface area contributed by atoms with Crippen LogP contribution in [0.4, 0.5) is 10.2 Å². The van der Waals surface area contributed by atoms with Gasteiger partial charge in [-0.1, -0.05) is 6.92 Å². The molecule has 1 aliphatic heterocycles. The van der Waals surface area contributed by atoms with E-state index < -0.39 is 36.7 Å². The standard InChI is InChI=1S/C12H16FN5O4/c1-2-12(3-19)7(21)6(20)10(22-12)18-4-15-5-8(14)16-11(13)17-9(5)18/h4,6-7,10,19-21H,2-3H2,1H3,(H2,14,16,17)/t6-,7-,10+,12+/m0/s1. The molecule has 2 aromatic heterocycles. The van der Waals surface area contributed by atoms with Gasteiger partial charge in [-0.05, 0) is 6.42 Å². The van der Waals surface area contributed by atoms with Gasteiger partial charge in [0.25, 0.3) is 0 Å². The lowest BCUT2D eigenvalue weighted by Crippen LogP contribution is -2.45. The zero-order valence-electron chi connectivity index (χ0n) is 11.7. The highest BCUT2D eigenvalue weighted by molar-refractivity contribution is 5.81. The fourth-order valence-electron chi connectivity index (χ4n) is 2.70. The number of aliphatic hydroxyl groups is 3. The number of rotatable bonds is 3. The Morgan fingerprint density at radius 3 is 2.77 bits per heavy atom. The molecule has 0 radical (unpaired) electrons. The van der Waals surface area contributed by atoms with Gasteiger partial charge in [0.15, 0.2) is 23.2 Å². The number of hydrogen-bond acceptors (Lipinski definition) is 8. The van der Waals surface area contributed by atoms with Crippen molar-refractivity contribution in [3.63, 3.8) is 0 Å². The van der Waals surface area contributed by atoms with E-state index in [9.17, 15) is 19.7 Å². The number of fused-ring (bicyclic) bond motifs is 1. The lowest BCUT2D eigenvalue weighted by atomic mass is 9.93. The maximum Gasteiger partial charge on any atom is 0.312 e. The lowest BCUT2D eigenvalue weighted by Gasteiger charge is -2.28. The van der Waals surface area contributed by atoms with Crippen LogP contribution in [0.15, 0.2) is 6.33 Å². The Kier molecular flexibility index (Phi) is 3.48. The van der Waals surface area contributed by atoms with E-state index in [2.05, 4.69) is 15.0 Å². The zero-order chi connectivity index (χ0) is 16.1. The highest BCUT2D eigenvalue weighted by atomic mass is 19.1. The minimum absolute atomic E-state index is 0.0334. The first-order valence-electron chi connectivity index (χ1n) is 6.74. The van der Waals surface area contributed by atoms with Gasteiger partial charge in [-0.2, -0.15) is 14.4 Å².